The molecule has 2 aliphatic rings. The SMILES string of the molecule is CNC(=O)c1cc2c(s1)C(C[C@@H](C)NCC(=O)N1CCCC1C#N)(C(=N)N=NN)c1sccc1CC2. The van der Waals surface area contributed by atoms with Gasteiger partial charge in [-0.3, -0.25) is 15.0 Å². The van der Waals surface area contributed by atoms with E-state index in [1.165, 1.54) is 11.3 Å². The van der Waals surface area contributed by atoms with Gasteiger partial charge >= 0.3 is 0 Å². The Kier molecular flexibility index (Phi) is 7.82. The summed E-state index contributed by atoms with van der Waals surface area (Å²) in [5.74, 6) is 5.15. The van der Waals surface area contributed by atoms with Crippen molar-refractivity contribution in [2.45, 2.75) is 56.5 Å². The predicted molar refractivity (Wildman–Crippen MR) is 139 cm³/mol. The molecular formula is C24H30N8O2S2. The molecule has 0 aromatic carbocycles. The van der Waals surface area contributed by atoms with Crippen LogP contribution in [0.2, 0.25) is 0 Å². The van der Waals surface area contributed by atoms with Crippen molar-refractivity contribution in [2.75, 3.05) is 20.1 Å². The number of rotatable bonds is 7. The second kappa shape index (κ2) is 10.9. The lowest BCUT2D eigenvalue weighted by atomic mass is 9.76. The van der Waals surface area contributed by atoms with Crippen molar-refractivity contribution in [3.05, 3.63) is 43.3 Å². The maximum Gasteiger partial charge on any atom is 0.261 e. The number of nitrogens with zero attached hydrogens (tertiary/aromatic N) is 4. The highest BCUT2D eigenvalue weighted by molar-refractivity contribution is 7.15. The van der Waals surface area contributed by atoms with Gasteiger partial charge in [0.25, 0.3) is 5.91 Å². The Morgan fingerprint density at radius 2 is 2.17 bits per heavy atom. The number of hydrogen-bond donors (Lipinski definition) is 4. The Hall–Kier alpha value is -3.14. The number of fused-ring (bicyclic) bond motifs is 2. The lowest BCUT2D eigenvalue weighted by Gasteiger charge is -2.34. The number of carbonyl (C=O) groups is 2. The number of carbonyl (C=O) groups excluding carboxylic acids is 2. The maximum atomic E-state index is 12.8. The van der Waals surface area contributed by atoms with Crippen LogP contribution in [0, 0.1) is 16.7 Å². The van der Waals surface area contributed by atoms with E-state index in [4.69, 9.17) is 11.3 Å². The number of nitrogens with two attached hydrogens (primary N) is 1. The van der Waals surface area contributed by atoms with Crippen LogP contribution in [-0.2, 0) is 23.1 Å². The molecule has 1 saturated heterocycles. The molecule has 0 saturated carbocycles. The highest BCUT2D eigenvalue weighted by Crippen LogP contribution is 2.49. The van der Waals surface area contributed by atoms with E-state index in [1.54, 1.807) is 23.3 Å². The molecule has 2 amide bonds. The average Bonchev–Trinajstić information content (AvgIpc) is 3.62. The molecule has 0 bridgehead atoms. The Balaban J connectivity index is 1.70. The second-order valence-electron chi connectivity index (χ2n) is 9.15. The molecular weight excluding hydrogens is 496 g/mol. The number of likely N-dealkylation sites (tertiary alicyclic amines) is 1. The molecule has 1 aliphatic carbocycles. The molecule has 3 atom stereocenters. The van der Waals surface area contributed by atoms with Gasteiger partial charge in [0.05, 0.1) is 17.5 Å². The lowest BCUT2D eigenvalue weighted by Crippen LogP contribution is -2.46. The number of nitriles is 1. The summed E-state index contributed by atoms with van der Waals surface area (Å²) in [5, 5.41) is 33.8. The van der Waals surface area contributed by atoms with Crippen molar-refractivity contribution in [3.63, 3.8) is 0 Å². The minimum Gasteiger partial charge on any atom is -0.354 e. The lowest BCUT2D eigenvalue weighted by molar-refractivity contribution is -0.130. The first-order valence-electron chi connectivity index (χ1n) is 11.9. The highest BCUT2D eigenvalue weighted by Gasteiger charge is 2.47. The Morgan fingerprint density at radius 3 is 2.89 bits per heavy atom. The van der Waals surface area contributed by atoms with E-state index >= 15 is 0 Å². The minimum absolute atomic E-state index is 0.00576. The van der Waals surface area contributed by atoms with Gasteiger partial charge in [-0.2, -0.15) is 5.26 Å². The first-order chi connectivity index (χ1) is 17.3. The molecule has 12 heteroatoms. The Bertz CT molecular complexity index is 1230. The Labute approximate surface area is 218 Å². The zero-order chi connectivity index (χ0) is 25.9. The molecule has 1 fully saturated rings. The number of hydrogen-bond acceptors (Lipinski definition) is 8. The van der Waals surface area contributed by atoms with Gasteiger partial charge < -0.3 is 21.4 Å². The third-order valence-electron chi connectivity index (χ3n) is 6.94. The van der Waals surface area contributed by atoms with Crippen molar-refractivity contribution in [2.24, 2.45) is 16.2 Å². The van der Waals surface area contributed by atoms with E-state index in [0.717, 1.165) is 40.1 Å². The quantitative estimate of drug-likeness (QED) is 0.143. The van der Waals surface area contributed by atoms with Crippen molar-refractivity contribution < 1.29 is 9.59 Å². The zero-order valence-electron chi connectivity index (χ0n) is 20.3. The molecule has 2 unspecified atom stereocenters. The number of nitrogens with one attached hydrogen (secondary N) is 3. The van der Waals surface area contributed by atoms with Crippen LogP contribution < -0.4 is 16.5 Å². The van der Waals surface area contributed by atoms with Gasteiger partial charge in [0.15, 0.2) is 5.84 Å². The molecule has 3 heterocycles. The summed E-state index contributed by atoms with van der Waals surface area (Å²) in [6, 6.07) is 5.63. The number of amides is 2. The van der Waals surface area contributed by atoms with Gasteiger partial charge in [0.2, 0.25) is 5.91 Å². The van der Waals surface area contributed by atoms with Crippen molar-refractivity contribution in [3.8, 4) is 6.07 Å². The molecule has 2 aromatic heterocycles. The molecule has 2 aromatic rings. The largest absolute Gasteiger partial charge is 0.354 e. The molecule has 5 N–H and O–H groups in total. The first-order valence-corrected chi connectivity index (χ1v) is 13.6. The van der Waals surface area contributed by atoms with Gasteiger partial charge in [-0.1, -0.05) is 5.22 Å². The van der Waals surface area contributed by atoms with E-state index in [9.17, 15) is 14.9 Å². The van der Waals surface area contributed by atoms with Crippen LogP contribution >= 0.6 is 22.7 Å². The van der Waals surface area contributed by atoms with Crippen LogP contribution in [0.15, 0.2) is 27.9 Å². The third kappa shape index (κ3) is 4.66. The van der Waals surface area contributed by atoms with Gasteiger partial charge in [0.1, 0.15) is 11.5 Å². The van der Waals surface area contributed by atoms with Crippen LogP contribution in [0.1, 0.15) is 56.7 Å². The molecule has 1 aliphatic heterocycles. The van der Waals surface area contributed by atoms with Crippen molar-refractivity contribution in [1.82, 2.24) is 15.5 Å². The fourth-order valence-electron chi connectivity index (χ4n) is 5.22. The third-order valence-corrected chi connectivity index (χ3v) is 9.40. The molecule has 4 rings (SSSR count). The van der Waals surface area contributed by atoms with Crippen LogP contribution in [0.4, 0.5) is 0 Å². The van der Waals surface area contributed by atoms with E-state index in [2.05, 4.69) is 33.1 Å². The molecule has 0 spiro atoms. The zero-order valence-corrected chi connectivity index (χ0v) is 22.0. The maximum absolute atomic E-state index is 12.8. The smallest absolute Gasteiger partial charge is 0.261 e. The molecule has 10 nitrogen and oxygen atoms in total. The van der Waals surface area contributed by atoms with Crippen molar-refractivity contribution in [1.29, 1.82) is 10.7 Å². The normalized spacial score (nSPS) is 21.9. The van der Waals surface area contributed by atoms with Crippen LogP contribution in [0.25, 0.3) is 0 Å². The summed E-state index contributed by atoms with van der Waals surface area (Å²) >= 11 is 2.93. The van der Waals surface area contributed by atoms with E-state index in [-0.39, 0.29) is 36.3 Å². The van der Waals surface area contributed by atoms with Crippen molar-refractivity contribution >= 4 is 40.3 Å². The summed E-state index contributed by atoms with van der Waals surface area (Å²) < 4.78 is 0. The summed E-state index contributed by atoms with van der Waals surface area (Å²) in [6.07, 6.45) is 3.49. The van der Waals surface area contributed by atoms with Crippen LogP contribution in [0.3, 0.4) is 0 Å². The van der Waals surface area contributed by atoms with Gasteiger partial charge in [-0.25, -0.2) is 0 Å². The van der Waals surface area contributed by atoms with Gasteiger partial charge in [-0.05, 0) is 67.7 Å². The van der Waals surface area contributed by atoms with E-state index in [0.29, 0.717) is 24.3 Å². The summed E-state index contributed by atoms with van der Waals surface area (Å²) in [5.41, 5.74) is 1.18. The number of amidine groups is 1. The fraction of sp³-hybridized carbons (Fsp3) is 0.500. The average molecular weight is 527 g/mol. The minimum atomic E-state index is -0.965. The first kappa shape index (κ1) is 25.9. The number of thiophene rings is 2. The van der Waals surface area contributed by atoms with Crippen LogP contribution in [0.5, 0.6) is 0 Å². The predicted octanol–water partition coefficient (Wildman–Crippen LogP) is 2.74. The Morgan fingerprint density at radius 1 is 1.39 bits per heavy atom. The topological polar surface area (TPSA) is 160 Å². The summed E-state index contributed by atoms with van der Waals surface area (Å²) in [6.45, 7) is 2.66. The molecule has 190 valence electrons. The molecule has 36 heavy (non-hydrogen) atoms. The van der Waals surface area contributed by atoms with E-state index in [1.807, 2.05) is 18.4 Å². The van der Waals surface area contributed by atoms with Crippen LogP contribution in [-0.4, -0.2) is 54.8 Å². The van der Waals surface area contributed by atoms with Gasteiger partial charge in [0, 0.05) is 29.4 Å². The van der Waals surface area contributed by atoms with Gasteiger partial charge in [-0.15, -0.1) is 27.8 Å². The number of aryl methyl sites for hydroxylation is 2. The monoisotopic (exact) mass is 526 g/mol. The standard InChI is InChI=1S/C24H30N8O2S2/c1-14(29-13-19(33)32-8-3-4-17(32)12-25)11-24(23(26)30-31-27)20-15(7-9-35-20)5-6-16-10-18(22(34)28-2)36-21(16)24/h7,9-10,14,17,29H,3-6,8,11,13H2,1-2H3,(H,28,34)(H3,26,27,30)/t14-,17?,24?/m1/s1. The highest BCUT2D eigenvalue weighted by atomic mass is 32.1. The van der Waals surface area contributed by atoms with E-state index < -0.39 is 5.41 Å². The molecule has 0 radical (unpaired) electrons. The summed E-state index contributed by atoms with van der Waals surface area (Å²) in [4.78, 5) is 29.4. The fourth-order valence-corrected chi connectivity index (χ4v) is 7.83. The second-order valence-corrected chi connectivity index (χ2v) is 11.1. The summed E-state index contributed by atoms with van der Waals surface area (Å²) in [7, 11) is 1.60.